The molecule has 0 radical (unpaired) electrons. The molecule has 2 nitrogen and oxygen atoms in total. The van der Waals surface area contributed by atoms with Crippen molar-refractivity contribution in [2.75, 3.05) is 5.75 Å². The second-order valence-corrected chi connectivity index (χ2v) is 5.15. The average Bonchev–Trinajstić information content (AvgIpc) is 2.42. The normalized spacial score (nSPS) is 15.3. The van der Waals surface area contributed by atoms with E-state index in [0.717, 1.165) is 30.0 Å². The predicted octanol–water partition coefficient (Wildman–Crippen LogP) is 3.94. The summed E-state index contributed by atoms with van der Waals surface area (Å²) in [5.74, 6) is 0.240. The smallest absolute Gasteiger partial charge is 0.303 e. The highest BCUT2D eigenvalue weighted by atomic mass is 35.5. The van der Waals surface area contributed by atoms with E-state index in [1.807, 2.05) is 18.2 Å². The van der Waals surface area contributed by atoms with Crippen LogP contribution in [0.2, 0.25) is 0 Å². The van der Waals surface area contributed by atoms with Crippen LogP contribution in [0.25, 0.3) is 0 Å². The highest BCUT2D eigenvalue weighted by molar-refractivity contribution is 8.03. The van der Waals surface area contributed by atoms with Gasteiger partial charge in [0.05, 0.1) is 0 Å². The zero-order chi connectivity index (χ0) is 11.8. The molecule has 0 aromatic rings. The first-order chi connectivity index (χ1) is 7.68. The number of thioether (sulfide) groups is 1. The maximum absolute atomic E-state index is 10.3. The van der Waals surface area contributed by atoms with Crippen LogP contribution in [0.1, 0.15) is 25.7 Å². The lowest BCUT2D eigenvalue weighted by atomic mass is 10.2. The molecular weight excluding hydrogens is 244 g/mol. The fourth-order valence-corrected chi connectivity index (χ4v) is 2.59. The molecular formula is C12H15ClO2S. The summed E-state index contributed by atoms with van der Waals surface area (Å²) in [6.07, 6.45) is 10.7. The molecule has 0 aromatic heterocycles. The molecule has 0 amide bonds. The van der Waals surface area contributed by atoms with Gasteiger partial charge in [-0.3, -0.25) is 4.79 Å². The Bertz CT molecular complexity index is 332. The van der Waals surface area contributed by atoms with Gasteiger partial charge in [-0.2, -0.15) is 0 Å². The number of carbonyl (C=O) groups is 1. The Hall–Kier alpha value is -0.670. The van der Waals surface area contributed by atoms with Gasteiger partial charge in [0.1, 0.15) is 0 Å². The van der Waals surface area contributed by atoms with E-state index in [4.69, 9.17) is 16.7 Å². The van der Waals surface area contributed by atoms with Crippen molar-refractivity contribution in [1.82, 2.24) is 0 Å². The number of carboxylic acid groups (broad SMARTS) is 1. The van der Waals surface area contributed by atoms with Crippen LogP contribution >= 0.6 is 23.4 Å². The Morgan fingerprint density at radius 3 is 3.06 bits per heavy atom. The van der Waals surface area contributed by atoms with Gasteiger partial charge in [0, 0.05) is 11.5 Å². The molecule has 16 heavy (non-hydrogen) atoms. The van der Waals surface area contributed by atoms with E-state index < -0.39 is 5.97 Å². The third-order valence-corrected chi connectivity index (χ3v) is 3.47. The fourth-order valence-electron chi connectivity index (χ4n) is 1.29. The zero-order valence-corrected chi connectivity index (χ0v) is 10.6. The summed E-state index contributed by atoms with van der Waals surface area (Å²) in [7, 11) is 0. The van der Waals surface area contributed by atoms with Gasteiger partial charge in [0.25, 0.3) is 0 Å². The van der Waals surface area contributed by atoms with Crippen molar-refractivity contribution in [2.45, 2.75) is 25.7 Å². The lowest BCUT2D eigenvalue weighted by Crippen LogP contribution is -1.94. The Morgan fingerprint density at radius 1 is 1.50 bits per heavy atom. The zero-order valence-electron chi connectivity index (χ0n) is 8.99. The van der Waals surface area contributed by atoms with Gasteiger partial charge in [-0.25, -0.2) is 0 Å². The first kappa shape index (κ1) is 13.4. The largest absolute Gasteiger partial charge is 0.481 e. The molecule has 0 heterocycles. The van der Waals surface area contributed by atoms with Crippen molar-refractivity contribution in [3.05, 3.63) is 34.2 Å². The van der Waals surface area contributed by atoms with Gasteiger partial charge >= 0.3 is 5.97 Å². The Morgan fingerprint density at radius 2 is 2.31 bits per heavy atom. The monoisotopic (exact) mass is 258 g/mol. The molecule has 1 aliphatic carbocycles. The highest BCUT2D eigenvalue weighted by Crippen LogP contribution is 2.26. The fraction of sp³-hybridized carbons (Fsp3) is 0.417. The summed E-state index contributed by atoms with van der Waals surface area (Å²) in [4.78, 5) is 11.5. The standard InChI is InChI=1S/C12H15ClO2S/c13-10-5-1-2-6-11(9-10)16-8-4-3-7-12(14)15/h1-2,5,9H,3-4,6-8H2,(H,14,15). The summed E-state index contributed by atoms with van der Waals surface area (Å²) >= 11 is 7.70. The van der Waals surface area contributed by atoms with E-state index in [2.05, 4.69) is 6.08 Å². The van der Waals surface area contributed by atoms with E-state index in [0.29, 0.717) is 0 Å². The Labute approximate surface area is 105 Å². The quantitative estimate of drug-likeness (QED) is 0.733. The number of carboxylic acids is 1. The summed E-state index contributed by atoms with van der Waals surface area (Å²) in [6.45, 7) is 0. The third-order valence-electron chi connectivity index (χ3n) is 2.08. The van der Waals surface area contributed by atoms with E-state index in [1.54, 1.807) is 11.8 Å². The van der Waals surface area contributed by atoms with Crippen LogP contribution in [-0.2, 0) is 4.79 Å². The number of aliphatic carboxylic acids is 1. The molecule has 0 fully saturated rings. The molecule has 0 saturated carbocycles. The maximum Gasteiger partial charge on any atom is 0.303 e. The number of rotatable bonds is 6. The average molecular weight is 259 g/mol. The maximum atomic E-state index is 10.3. The first-order valence-corrected chi connectivity index (χ1v) is 6.62. The Balaban J connectivity index is 2.20. The van der Waals surface area contributed by atoms with Crippen molar-refractivity contribution in [3.63, 3.8) is 0 Å². The minimum Gasteiger partial charge on any atom is -0.481 e. The van der Waals surface area contributed by atoms with Crippen LogP contribution in [0.4, 0.5) is 0 Å². The van der Waals surface area contributed by atoms with Crippen molar-refractivity contribution in [1.29, 1.82) is 0 Å². The van der Waals surface area contributed by atoms with Gasteiger partial charge in [0.2, 0.25) is 0 Å². The van der Waals surface area contributed by atoms with Crippen molar-refractivity contribution in [2.24, 2.45) is 0 Å². The molecule has 0 unspecified atom stereocenters. The van der Waals surface area contributed by atoms with E-state index >= 15 is 0 Å². The highest BCUT2D eigenvalue weighted by Gasteiger charge is 2.01. The lowest BCUT2D eigenvalue weighted by molar-refractivity contribution is -0.137. The number of halogens is 1. The molecule has 4 heteroatoms. The lowest BCUT2D eigenvalue weighted by Gasteiger charge is -2.03. The molecule has 0 aromatic carbocycles. The van der Waals surface area contributed by atoms with Gasteiger partial charge in [-0.05, 0) is 42.1 Å². The molecule has 1 aliphatic rings. The molecule has 0 bridgehead atoms. The number of hydrogen-bond acceptors (Lipinski definition) is 2. The van der Waals surface area contributed by atoms with Crippen molar-refractivity contribution < 1.29 is 9.90 Å². The second-order valence-electron chi connectivity index (χ2n) is 3.49. The molecule has 0 atom stereocenters. The summed E-state index contributed by atoms with van der Waals surface area (Å²) < 4.78 is 0. The van der Waals surface area contributed by atoms with Gasteiger partial charge in [-0.1, -0.05) is 23.8 Å². The second kappa shape index (κ2) is 7.58. The Kier molecular flexibility index (Phi) is 6.34. The van der Waals surface area contributed by atoms with Crippen LogP contribution in [-0.4, -0.2) is 16.8 Å². The first-order valence-electron chi connectivity index (χ1n) is 5.26. The van der Waals surface area contributed by atoms with E-state index in [1.165, 1.54) is 4.91 Å². The summed E-state index contributed by atoms with van der Waals surface area (Å²) in [5.41, 5.74) is 0. The molecule has 0 spiro atoms. The third kappa shape index (κ3) is 6.03. The SMILES string of the molecule is O=C(O)CCCCSC1=CC(Cl)=CC=CC1. The minimum absolute atomic E-state index is 0.264. The summed E-state index contributed by atoms with van der Waals surface area (Å²) in [5, 5.41) is 9.23. The summed E-state index contributed by atoms with van der Waals surface area (Å²) in [6, 6.07) is 0. The van der Waals surface area contributed by atoms with Gasteiger partial charge in [0.15, 0.2) is 0 Å². The predicted molar refractivity (Wildman–Crippen MR) is 69.7 cm³/mol. The number of hydrogen-bond donors (Lipinski definition) is 1. The van der Waals surface area contributed by atoms with Crippen LogP contribution < -0.4 is 0 Å². The molecule has 0 saturated heterocycles. The van der Waals surface area contributed by atoms with Gasteiger partial charge in [-0.15, -0.1) is 11.8 Å². The molecule has 1 rings (SSSR count). The number of unbranched alkanes of at least 4 members (excludes halogenated alkanes) is 1. The van der Waals surface area contributed by atoms with Crippen LogP contribution in [0.3, 0.4) is 0 Å². The van der Waals surface area contributed by atoms with Crippen LogP contribution in [0, 0.1) is 0 Å². The topological polar surface area (TPSA) is 37.3 Å². The molecule has 88 valence electrons. The number of allylic oxidation sites excluding steroid dienone is 6. The minimum atomic E-state index is -0.715. The van der Waals surface area contributed by atoms with Crippen LogP contribution in [0.15, 0.2) is 34.2 Å². The molecule has 0 aliphatic heterocycles. The van der Waals surface area contributed by atoms with Crippen LogP contribution in [0.5, 0.6) is 0 Å². The van der Waals surface area contributed by atoms with E-state index in [-0.39, 0.29) is 6.42 Å². The molecule has 1 N–H and O–H groups in total. The van der Waals surface area contributed by atoms with E-state index in [9.17, 15) is 4.79 Å². The van der Waals surface area contributed by atoms with Gasteiger partial charge < -0.3 is 5.11 Å². The van der Waals surface area contributed by atoms with Crippen molar-refractivity contribution >= 4 is 29.3 Å². The van der Waals surface area contributed by atoms with Crippen molar-refractivity contribution in [3.8, 4) is 0 Å².